The third-order valence-electron chi connectivity index (χ3n) is 4.79. The second-order valence-corrected chi connectivity index (χ2v) is 6.89. The summed E-state index contributed by atoms with van der Waals surface area (Å²) in [6.07, 6.45) is 4.13. The van der Waals surface area contributed by atoms with Crippen molar-refractivity contribution in [1.82, 2.24) is 19.7 Å². The van der Waals surface area contributed by atoms with Crippen LogP contribution in [0, 0.1) is 0 Å². The van der Waals surface area contributed by atoms with Crippen molar-refractivity contribution in [2.45, 2.75) is 12.8 Å². The van der Waals surface area contributed by atoms with Gasteiger partial charge >= 0.3 is 6.03 Å². The second-order valence-electron chi connectivity index (χ2n) is 6.89. The monoisotopic (exact) mass is 344 g/mol. The number of carbonyl (C=O) groups excluding carboxylic acids is 1. The van der Waals surface area contributed by atoms with Gasteiger partial charge in [0.2, 0.25) is 0 Å². The second kappa shape index (κ2) is 7.89. The van der Waals surface area contributed by atoms with Crippen molar-refractivity contribution in [1.29, 1.82) is 0 Å². The summed E-state index contributed by atoms with van der Waals surface area (Å²) in [5.74, 6) is 0.814. The van der Waals surface area contributed by atoms with Gasteiger partial charge in [-0.1, -0.05) is 0 Å². The van der Waals surface area contributed by atoms with Crippen LogP contribution in [-0.4, -0.2) is 74.3 Å². The molecule has 1 aromatic carbocycles. The predicted molar refractivity (Wildman–Crippen MR) is 101 cm³/mol. The lowest BCUT2D eigenvalue weighted by atomic mass is 10.1. The van der Waals surface area contributed by atoms with Crippen molar-refractivity contribution < 1.29 is 9.53 Å². The Labute approximate surface area is 149 Å². The minimum absolute atomic E-state index is 0.0632. The number of amides is 1. The first kappa shape index (κ1) is 17.8. The number of likely N-dealkylation sites (N-methyl/N-ethyl adjacent to an activating group) is 1. The predicted octanol–water partition coefficient (Wildman–Crippen LogP) is 2.02. The quantitative estimate of drug-likeness (QED) is 0.835. The Bertz CT molecular complexity index is 734. The van der Waals surface area contributed by atoms with Crippen molar-refractivity contribution in [3.63, 3.8) is 0 Å². The molecule has 0 atom stereocenters. The maximum Gasteiger partial charge on any atom is 0.326 e. The first-order valence-corrected chi connectivity index (χ1v) is 8.92. The van der Waals surface area contributed by atoms with E-state index in [1.54, 1.807) is 11.7 Å². The molecule has 0 aliphatic carbocycles. The van der Waals surface area contributed by atoms with E-state index in [1.807, 2.05) is 24.4 Å². The molecular weight excluding hydrogens is 316 g/mol. The largest absolute Gasteiger partial charge is 0.497 e. The van der Waals surface area contributed by atoms with E-state index >= 15 is 0 Å². The van der Waals surface area contributed by atoms with Gasteiger partial charge in [-0.05, 0) is 63.8 Å². The fraction of sp³-hybridized carbons (Fsp3) is 0.526. The zero-order valence-electron chi connectivity index (χ0n) is 15.4. The zero-order chi connectivity index (χ0) is 17.8. The number of methoxy groups -OCH3 is 1. The number of likely N-dealkylation sites (tertiary alicyclic amines) is 1. The van der Waals surface area contributed by atoms with Gasteiger partial charge in [0, 0.05) is 31.2 Å². The Morgan fingerprint density at radius 1 is 1.32 bits per heavy atom. The fourth-order valence-electron chi connectivity index (χ4n) is 3.13. The Morgan fingerprint density at radius 3 is 2.76 bits per heavy atom. The molecule has 0 radical (unpaired) electrons. The van der Waals surface area contributed by atoms with Crippen LogP contribution >= 0.6 is 0 Å². The Balaban J connectivity index is 1.79. The average Bonchev–Trinajstić information content (AvgIpc) is 2.93. The first-order chi connectivity index (χ1) is 12.1. The summed E-state index contributed by atoms with van der Waals surface area (Å²) in [4.78, 5) is 17.1. The Morgan fingerprint density at radius 2 is 2.12 bits per heavy atom. The number of rotatable bonds is 7. The van der Waals surface area contributed by atoms with Crippen LogP contribution in [0.5, 0.6) is 5.75 Å². The Hall–Kier alpha value is -2.05. The van der Waals surface area contributed by atoms with E-state index in [0.717, 1.165) is 49.3 Å². The molecule has 1 saturated heterocycles. The smallest absolute Gasteiger partial charge is 0.326 e. The highest BCUT2D eigenvalue weighted by Gasteiger charge is 2.16. The minimum atomic E-state index is -0.0632. The molecule has 1 N–H and O–H groups in total. The number of fused-ring (bicyclic) bond motifs is 1. The normalized spacial score (nSPS) is 14.7. The van der Waals surface area contributed by atoms with Crippen LogP contribution in [-0.2, 0) is 6.42 Å². The molecule has 0 bridgehead atoms. The van der Waals surface area contributed by atoms with Crippen molar-refractivity contribution in [2.24, 2.45) is 0 Å². The van der Waals surface area contributed by atoms with Crippen molar-refractivity contribution in [3.05, 3.63) is 30.0 Å². The standard InChI is InChI=1S/C19H28N4O2/c1-21(2)11-7-15-14-23(18-6-5-16(25-3)13-17(15)18)19(24)20-8-12-22-9-4-10-22/h5-6,13-14H,4,7-12H2,1-3H3,(H,20,24). The van der Waals surface area contributed by atoms with E-state index in [1.165, 1.54) is 12.0 Å². The Kier molecular flexibility index (Phi) is 5.60. The van der Waals surface area contributed by atoms with Crippen LogP contribution in [0.3, 0.4) is 0 Å². The summed E-state index contributed by atoms with van der Waals surface area (Å²) in [6, 6.07) is 5.82. The van der Waals surface area contributed by atoms with E-state index in [0.29, 0.717) is 6.54 Å². The molecule has 3 rings (SSSR count). The first-order valence-electron chi connectivity index (χ1n) is 8.92. The highest BCUT2D eigenvalue weighted by Crippen LogP contribution is 2.26. The summed E-state index contributed by atoms with van der Waals surface area (Å²) in [5, 5.41) is 4.12. The molecule has 0 saturated carbocycles. The maximum atomic E-state index is 12.6. The van der Waals surface area contributed by atoms with Crippen LogP contribution in [0.4, 0.5) is 4.79 Å². The number of carbonyl (C=O) groups is 1. The van der Waals surface area contributed by atoms with Crippen molar-refractivity contribution in [2.75, 3.05) is 53.9 Å². The molecule has 25 heavy (non-hydrogen) atoms. The fourth-order valence-corrected chi connectivity index (χ4v) is 3.13. The summed E-state index contributed by atoms with van der Waals surface area (Å²) in [7, 11) is 5.78. The highest BCUT2D eigenvalue weighted by molar-refractivity contribution is 5.94. The molecule has 1 amide bonds. The van der Waals surface area contributed by atoms with Gasteiger partial charge < -0.3 is 19.9 Å². The topological polar surface area (TPSA) is 49.7 Å². The molecule has 1 aliphatic heterocycles. The van der Waals surface area contributed by atoms with Gasteiger partial charge in [-0.15, -0.1) is 0 Å². The van der Waals surface area contributed by atoms with E-state index in [9.17, 15) is 4.79 Å². The van der Waals surface area contributed by atoms with Gasteiger partial charge in [0.15, 0.2) is 0 Å². The molecule has 2 aromatic rings. The van der Waals surface area contributed by atoms with Crippen LogP contribution in [0.15, 0.2) is 24.4 Å². The summed E-state index contributed by atoms with van der Waals surface area (Å²) in [6.45, 7) is 4.84. The van der Waals surface area contributed by atoms with Crippen LogP contribution in [0.1, 0.15) is 12.0 Å². The molecule has 136 valence electrons. The van der Waals surface area contributed by atoms with Gasteiger partial charge in [-0.25, -0.2) is 4.79 Å². The highest BCUT2D eigenvalue weighted by atomic mass is 16.5. The van der Waals surface area contributed by atoms with Gasteiger partial charge in [0.05, 0.1) is 12.6 Å². The molecule has 2 heterocycles. The lowest BCUT2D eigenvalue weighted by Gasteiger charge is -2.30. The number of aromatic nitrogens is 1. The van der Waals surface area contributed by atoms with Crippen molar-refractivity contribution >= 4 is 16.9 Å². The van der Waals surface area contributed by atoms with E-state index in [-0.39, 0.29) is 6.03 Å². The van der Waals surface area contributed by atoms with Gasteiger partial charge in [0.25, 0.3) is 0 Å². The molecule has 6 heteroatoms. The molecular formula is C19H28N4O2. The lowest BCUT2D eigenvalue weighted by Crippen LogP contribution is -2.43. The maximum absolute atomic E-state index is 12.6. The number of ether oxygens (including phenoxy) is 1. The number of benzene rings is 1. The third-order valence-corrected chi connectivity index (χ3v) is 4.79. The van der Waals surface area contributed by atoms with E-state index in [4.69, 9.17) is 4.74 Å². The van der Waals surface area contributed by atoms with Gasteiger partial charge in [-0.3, -0.25) is 4.57 Å². The summed E-state index contributed by atoms with van der Waals surface area (Å²) in [5.41, 5.74) is 2.09. The summed E-state index contributed by atoms with van der Waals surface area (Å²) >= 11 is 0. The molecule has 0 spiro atoms. The minimum Gasteiger partial charge on any atom is -0.497 e. The van der Waals surface area contributed by atoms with Gasteiger partial charge in [-0.2, -0.15) is 0 Å². The van der Waals surface area contributed by atoms with Crippen LogP contribution in [0.2, 0.25) is 0 Å². The SMILES string of the molecule is COc1ccc2c(c1)c(CCN(C)C)cn2C(=O)NCCN1CCC1. The number of nitrogens with zero attached hydrogens (tertiary/aromatic N) is 3. The number of nitrogens with one attached hydrogen (secondary N) is 1. The lowest BCUT2D eigenvalue weighted by molar-refractivity contribution is 0.181. The third kappa shape index (κ3) is 4.14. The van der Waals surface area contributed by atoms with Crippen molar-refractivity contribution in [3.8, 4) is 5.75 Å². The number of hydrogen-bond acceptors (Lipinski definition) is 4. The van der Waals surface area contributed by atoms with Crippen LogP contribution in [0.25, 0.3) is 10.9 Å². The van der Waals surface area contributed by atoms with Gasteiger partial charge in [0.1, 0.15) is 5.75 Å². The molecule has 6 nitrogen and oxygen atoms in total. The molecule has 1 aromatic heterocycles. The van der Waals surface area contributed by atoms with E-state index in [2.05, 4.69) is 29.2 Å². The average molecular weight is 344 g/mol. The zero-order valence-corrected chi connectivity index (χ0v) is 15.4. The molecule has 1 fully saturated rings. The molecule has 1 aliphatic rings. The summed E-state index contributed by atoms with van der Waals surface area (Å²) < 4.78 is 7.09. The number of hydrogen-bond donors (Lipinski definition) is 1. The van der Waals surface area contributed by atoms with E-state index < -0.39 is 0 Å². The molecule has 0 unspecified atom stereocenters. The van der Waals surface area contributed by atoms with Crippen LogP contribution < -0.4 is 10.1 Å².